The Morgan fingerprint density at radius 1 is 1.30 bits per heavy atom. The third-order valence-electron chi connectivity index (χ3n) is 3.14. The van der Waals surface area contributed by atoms with E-state index in [0.29, 0.717) is 25.5 Å². The number of anilines is 1. The molecule has 2 aromatic rings. The van der Waals surface area contributed by atoms with E-state index in [1.807, 2.05) is 37.5 Å². The van der Waals surface area contributed by atoms with E-state index in [1.165, 1.54) is 0 Å². The summed E-state index contributed by atoms with van der Waals surface area (Å²) >= 11 is 0. The molecule has 106 valence electrons. The lowest BCUT2D eigenvalue weighted by Crippen LogP contribution is -2.17. The van der Waals surface area contributed by atoms with Gasteiger partial charge < -0.3 is 19.9 Å². The van der Waals surface area contributed by atoms with Gasteiger partial charge in [-0.1, -0.05) is 6.07 Å². The highest BCUT2D eigenvalue weighted by Gasteiger charge is 2.15. The highest BCUT2D eigenvalue weighted by atomic mass is 16.6. The van der Waals surface area contributed by atoms with Crippen LogP contribution in [0.4, 0.5) is 5.82 Å². The van der Waals surface area contributed by atoms with Crippen molar-refractivity contribution in [3.05, 3.63) is 36.0 Å². The molecule has 0 radical (unpaired) electrons. The molecule has 0 saturated heterocycles. The summed E-state index contributed by atoms with van der Waals surface area (Å²) in [6, 6.07) is 7.35. The molecular weight excluding hydrogens is 258 g/mol. The predicted molar refractivity (Wildman–Crippen MR) is 74.1 cm³/mol. The molecule has 1 aromatic carbocycles. The number of aromatic nitrogens is 2. The minimum Gasteiger partial charge on any atom is -0.486 e. The molecule has 0 bridgehead atoms. The lowest BCUT2D eigenvalue weighted by atomic mass is 10.1. The molecule has 1 atom stereocenters. The number of benzene rings is 1. The molecule has 2 N–H and O–H groups in total. The molecule has 1 unspecified atom stereocenters. The average Bonchev–Trinajstić information content (AvgIpc) is 2.90. The summed E-state index contributed by atoms with van der Waals surface area (Å²) in [5.74, 6) is 2.15. The van der Waals surface area contributed by atoms with Crippen LogP contribution in [0.3, 0.4) is 0 Å². The molecule has 6 nitrogen and oxygen atoms in total. The van der Waals surface area contributed by atoms with Crippen LogP contribution in [0.1, 0.15) is 11.7 Å². The minimum atomic E-state index is -0.632. The van der Waals surface area contributed by atoms with Gasteiger partial charge in [-0.3, -0.25) is 4.68 Å². The molecule has 0 spiro atoms. The van der Waals surface area contributed by atoms with E-state index in [2.05, 4.69) is 10.4 Å². The predicted octanol–water partition coefficient (Wildman–Crippen LogP) is 1.34. The summed E-state index contributed by atoms with van der Waals surface area (Å²) in [6.45, 7) is 1.49. The zero-order valence-corrected chi connectivity index (χ0v) is 11.2. The van der Waals surface area contributed by atoms with Gasteiger partial charge in [0.25, 0.3) is 0 Å². The molecule has 2 heterocycles. The van der Waals surface area contributed by atoms with Gasteiger partial charge in [0.2, 0.25) is 0 Å². The van der Waals surface area contributed by atoms with Gasteiger partial charge in [-0.15, -0.1) is 0 Å². The van der Waals surface area contributed by atoms with Crippen LogP contribution in [-0.4, -0.2) is 34.6 Å². The van der Waals surface area contributed by atoms with E-state index in [-0.39, 0.29) is 0 Å². The first-order chi connectivity index (χ1) is 9.72. The SMILES string of the molecule is Cn1ccc(NCC(O)c2ccc3c(c2)OCCO3)n1. The number of hydrogen-bond acceptors (Lipinski definition) is 5. The Morgan fingerprint density at radius 2 is 2.10 bits per heavy atom. The number of ether oxygens (including phenoxy) is 2. The van der Waals surface area contributed by atoms with E-state index >= 15 is 0 Å². The van der Waals surface area contributed by atoms with Crippen LogP contribution in [0.15, 0.2) is 30.5 Å². The fourth-order valence-corrected chi connectivity index (χ4v) is 2.10. The van der Waals surface area contributed by atoms with Crippen LogP contribution >= 0.6 is 0 Å². The lowest BCUT2D eigenvalue weighted by Gasteiger charge is -2.20. The molecule has 1 aliphatic heterocycles. The fourth-order valence-electron chi connectivity index (χ4n) is 2.10. The molecule has 3 rings (SSSR count). The van der Waals surface area contributed by atoms with Crippen molar-refractivity contribution in [1.82, 2.24) is 9.78 Å². The summed E-state index contributed by atoms with van der Waals surface area (Å²) in [5, 5.41) is 17.5. The van der Waals surface area contributed by atoms with Crippen LogP contribution in [0.25, 0.3) is 0 Å². The fraction of sp³-hybridized carbons (Fsp3) is 0.357. The summed E-state index contributed by atoms with van der Waals surface area (Å²) in [4.78, 5) is 0. The van der Waals surface area contributed by atoms with Gasteiger partial charge in [0.15, 0.2) is 11.5 Å². The van der Waals surface area contributed by atoms with Crippen molar-refractivity contribution in [3.8, 4) is 11.5 Å². The van der Waals surface area contributed by atoms with Crippen molar-refractivity contribution in [3.63, 3.8) is 0 Å². The molecular formula is C14H17N3O3. The third kappa shape index (κ3) is 2.70. The number of aliphatic hydroxyl groups excluding tert-OH is 1. The van der Waals surface area contributed by atoms with E-state index in [4.69, 9.17) is 9.47 Å². The maximum atomic E-state index is 10.2. The summed E-state index contributed by atoms with van der Waals surface area (Å²) in [6.07, 6.45) is 1.21. The van der Waals surface area contributed by atoms with E-state index in [1.54, 1.807) is 4.68 Å². The number of rotatable bonds is 4. The van der Waals surface area contributed by atoms with Gasteiger partial charge in [0, 0.05) is 25.9 Å². The number of fused-ring (bicyclic) bond motifs is 1. The molecule has 20 heavy (non-hydrogen) atoms. The van der Waals surface area contributed by atoms with Crippen LogP contribution in [0.5, 0.6) is 11.5 Å². The van der Waals surface area contributed by atoms with E-state index < -0.39 is 6.10 Å². The zero-order chi connectivity index (χ0) is 13.9. The molecule has 6 heteroatoms. The highest BCUT2D eigenvalue weighted by molar-refractivity contribution is 5.44. The molecule has 1 aromatic heterocycles. The number of nitrogens with one attached hydrogen (secondary N) is 1. The second-order valence-electron chi connectivity index (χ2n) is 4.67. The highest BCUT2D eigenvalue weighted by Crippen LogP contribution is 2.32. The Bertz CT molecular complexity index is 597. The van der Waals surface area contributed by atoms with Crippen LogP contribution in [-0.2, 0) is 7.05 Å². The normalized spacial score (nSPS) is 14.9. The Hall–Kier alpha value is -2.21. The first kappa shape index (κ1) is 12.8. The monoisotopic (exact) mass is 275 g/mol. The Morgan fingerprint density at radius 3 is 2.85 bits per heavy atom. The Balaban J connectivity index is 1.66. The Kier molecular flexibility index (Phi) is 3.47. The molecule has 1 aliphatic rings. The van der Waals surface area contributed by atoms with Crippen molar-refractivity contribution >= 4 is 5.82 Å². The maximum absolute atomic E-state index is 10.2. The quantitative estimate of drug-likeness (QED) is 0.881. The molecule has 0 aliphatic carbocycles. The van der Waals surface area contributed by atoms with Gasteiger partial charge in [-0.05, 0) is 17.7 Å². The van der Waals surface area contributed by atoms with Gasteiger partial charge in [-0.2, -0.15) is 5.10 Å². The van der Waals surface area contributed by atoms with Gasteiger partial charge in [-0.25, -0.2) is 0 Å². The lowest BCUT2D eigenvalue weighted by molar-refractivity contribution is 0.167. The van der Waals surface area contributed by atoms with Crippen molar-refractivity contribution in [2.45, 2.75) is 6.10 Å². The Labute approximate surface area is 116 Å². The van der Waals surface area contributed by atoms with Crippen molar-refractivity contribution in [2.75, 3.05) is 25.1 Å². The van der Waals surface area contributed by atoms with Crippen LogP contribution in [0.2, 0.25) is 0 Å². The number of aryl methyl sites for hydroxylation is 1. The minimum absolute atomic E-state index is 0.386. The standard InChI is InChI=1S/C14H17N3O3/c1-17-5-4-14(16-17)15-9-11(18)10-2-3-12-13(8-10)20-7-6-19-12/h2-5,8,11,18H,6-7,9H2,1H3,(H,15,16). The van der Waals surface area contributed by atoms with Gasteiger partial charge in [0.1, 0.15) is 19.0 Å². The molecule has 0 fully saturated rings. The topological polar surface area (TPSA) is 68.5 Å². The second-order valence-corrected chi connectivity index (χ2v) is 4.67. The molecule has 0 amide bonds. The first-order valence-corrected chi connectivity index (χ1v) is 6.53. The number of nitrogens with zero attached hydrogens (tertiary/aromatic N) is 2. The van der Waals surface area contributed by atoms with E-state index in [9.17, 15) is 5.11 Å². The van der Waals surface area contributed by atoms with Crippen molar-refractivity contribution in [1.29, 1.82) is 0 Å². The van der Waals surface area contributed by atoms with Gasteiger partial charge >= 0.3 is 0 Å². The smallest absolute Gasteiger partial charge is 0.161 e. The largest absolute Gasteiger partial charge is 0.486 e. The first-order valence-electron chi connectivity index (χ1n) is 6.53. The number of aliphatic hydroxyl groups is 1. The zero-order valence-electron chi connectivity index (χ0n) is 11.2. The van der Waals surface area contributed by atoms with Crippen LogP contribution < -0.4 is 14.8 Å². The summed E-state index contributed by atoms with van der Waals surface area (Å²) in [5.41, 5.74) is 0.790. The van der Waals surface area contributed by atoms with Crippen molar-refractivity contribution in [2.24, 2.45) is 7.05 Å². The van der Waals surface area contributed by atoms with Crippen LogP contribution in [0, 0.1) is 0 Å². The average molecular weight is 275 g/mol. The van der Waals surface area contributed by atoms with Crippen molar-refractivity contribution < 1.29 is 14.6 Å². The summed E-state index contributed by atoms with van der Waals surface area (Å²) < 4.78 is 12.7. The summed E-state index contributed by atoms with van der Waals surface area (Å²) in [7, 11) is 1.85. The van der Waals surface area contributed by atoms with E-state index in [0.717, 1.165) is 17.1 Å². The number of hydrogen-bond donors (Lipinski definition) is 2. The maximum Gasteiger partial charge on any atom is 0.161 e. The third-order valence-corrected chi connectivity index (χ3v) is 3.14. The second kappa shape index (κ2) is 5.42. The molecule has 0 saturated carbocycles. The van der Waals surface area contributed by atoms with Gasteiger partial charge in [0.05, 0.1) is 6.10 Å².